The van der Waals surface area contributed by atoms with Crippen LogP contribution in [-0.2, 0) is 29.0 Å². The Morgan fingerprint density at radius 2 is 1.65 bits per heavy atom. The van der Waals surface area contributed by atoms with E-state index in [1.807, 2.05) is 41.9 Å². The summed E-state index contributed by atoms with van der Waals surface area (Å²) >= 11 is 0. The summed E-state index contributed by atoms with van der Waals surface area (Å²) in [5, 5.41) is 16.6. The predicted molar refractivity (Wildman–Crippen MR) is 152 cm³/mol. The van der Waals surface area contributed by atoms with Gasteiger partial charge in [-0.05, 0) is 79.8 Å². The monoisotopic (exact) mass is 542 g/mol. The summed E-state index contributed by atoms with van der Waals surface area (Å²) in [5.41, 5.74) is 6.80. The standard InChI is InChI=1S/C31H34N4O5/c1-21(2)40-31(38)33-20-27-19-28(10-8-24(27)9-11-30(36)37)39-17-16-35-22(3)18-29(34-35)26-6-4-23(5-7-26)25-12-14-32-15-13-25/h4-8,10,12-15,18-19,21H,9,11,16-17,20H2,1-3H3,(H,33,38)(H,36,37). The van der Waals surface area contributed by atoms with Gasteiger partial charge in [-0.25, -0.2) is 4.79 Å². The number of alkyl carbamates (subject to hydrolysis) is 1. The molecular weight excluding hydrogens is 508 g/mol. The van der Waals surface area contributed by atoms with Crippen LogP contribution in [0.3, 0.4) is 0 Å². The summed E-state index contributed by atoms with van der Waals surface area (Å²) < 4.78 is 13.1. The number of nitrogens with zero attached hydrogens (tertiary/aromatic N) is 3. The largest absolute Gasteiger partial charge is 0.492 e. The van der Waals surface area contributed by atoms with Gasteiger partial charge in [-0.15, -0.1) is 0 Å². The molecule has 40 heavy (non-hydrogen) atoms. The molecule has 2 aromatic heterocycles. The molecule has 0 bridgehead atoms. The number of benzene rings is 2. The minimum atomic E-state index is -0.878. The lowest BCUT2D eigenvalue weighted by Gasteiger charge is -2.14. The minimum Gasteiger partial charge on any atom is -0.492 e. The summed E-state index contributed by atoms with van der Waals surface area (Å²) in [7, 11) is 0. The van der Waals surface area contributed by atoms with E-state index in [0.717, 1.165) is 39.2 Å². The maximum Gasteiger partial charge on any atom is 0.407 e. The number of ether oxygens (including phenoxy) is 2. The van der Waals surface area contributed by atoms with Gasteiger partial charge in [0.2, 0.25) is 0 Å². The summed E-state index contributed by atoms with van der Waals surface area (Å²) in [6.45, 7) is 6.71. The predicted octanol–water partition coefficient (Wildman–Crippen LogP) is 5.65. The van der Waals surface area contributed by atoms with Crippen LogP contribution in [0.4, 0.5) is 4.79 Å². The number of rotatable bonds is 12. The summed E-state index contributed by atoms with van der Waals surface area (Å²) in [6, 6.07) is 19.8. The highest BCUT2D eigenvalue weighted by Crippen LogP contribution is 2.25. The minimum absolute atomic E-state index is 0.00296. The van der Waals surface area contributed by atoms with Crippen LogP contribution < -0.4 is 10.1 Å². The van der Waals surface area contributed by atoms with E-state index in [4.69, 9.17) is 19.7 Å². The molecule has 0 aliphatic heterocycles. The maximum atomic E-state index is 12.0. The van der Waals surface area contributed by atoms with Crippen molar-refractivity contribution >= 4 is 12.1 Å². The molecule has 0 fully saturated rings. The molecule has 4 rings (SSSR count). The average Bonchev–Trinajstić information content (AvgIpc) is 3.31. The van der Waals surface area contributed by atoms with Gasteiger partial charge in [0, 0.05) is 36.6 Å². The van der Waals surface area contributed by atoms with Gasteiger partial charge in [-0.1, -0.05) is 30.3 Å². The number of carbonyl (C=O) groups excluding carboxylic acids is 1. The lowest BCUT2D eigenvalue weighted by atomic mass is 10.0. The third-order valence-electron chi connectivity index (χ3n) is 6.30. The number of hydrogen-bond donors (Lipinski definition) is 2. The topological polar surface area (TPSA) is 116 Å². The van der Waals surface area contributed by atoms with Gasteiger partial charge in [-0.2, -0.15) is 5.10 Å². The van der Waals surface area contributed by atoms with Crippen molar-refractivity contribution in [3.63, 3.8) is 0 Å². The van der Waals surface area contributed by atoms with Gasteiger partial charge in [0.15, 0.2) is 0 Å². The zero-order chi connectivity index (χ0) is 28.5. The highest BCUT2D eigenvalue weighted by Gasteiger charge is 2.12. The lowest BCUT2D eigenvalue weighted by molar-refractivity contribution is -0.136. The zero-order valence-corrected chi connectivity index (χ0v) is 23.0. The molecule has 1 amide bonds. The fourth-order valence-electron chi connectivity index (χ4n) is 4.27. The summed E-state index contributed by atoms with van der Waals surface area (Å²) in [5.74, 6) is -0.248. The van der Waals surface area contributed by atoms with E-state index in [-0.39, 0.29) is 19.1 Å². The molecule has 0 radical (unpaired) electrons. The molecule has 9 heteroatoms. The Hall–Kier alpha value is -4.66. The second-order valence-corrected chi connectivity index (χ2v) is 9.69. The van der Waals surface area contributed by atoms with Crippen molar-refractivity contribution in [2.24, 2.45) is 0 Å². The van der Waals surface area contributed by atoms with E-state index < -0.39 is 12.1 Å². The van der Waals surface area contributed by atoms with Crippen LogP contribution in [0.15, 0.2) is 73.1 Å². The molecule has 0 atom stereocenters. The van der Waals surface area contributed by atoms with E-state index in [9.17, 15) is 9.59 Å². The van der Waals surface area contributed by atoms with E-state index >= 15 is 0 Å². The molecule has 0 saturated carbocycles. The Labute approximate surface area is 233 Å². The Kier molecular flexibility index (Phi) is 9.51. The number of aromatic nitrogens is 3. The molecular formula is C31H34N4O5. The number of aryl methyl sites for hydroxylation is 2. The van der Waals surface area contributed by atoms with Crippen molar-refractivity contribution in [3.05, 3.63) is 89.9 Å². The van der Waals surface area contributed by atoms with Gasteiger partial charge in [0.1, 0.15) is 12.4 Å². The second kappa shape index (κ2) is 13.4. The number of aliphatic carboxylic acids is 1. The first-order chi connectivity index (χ1) is 19.3. The Balaban J connectivity index is 1.38. The van der Waals surface area contributed by atoms with Gasteiger partial charge >= 0.3 is 12.1 Å². The highest BCUT2D eigenvalue weighted by molar-refractivity contribution is 5.69. The van der Waals surface area contributed by atoms with E-state index in [2.05, 4.69) is 40.6 Å². The van der Waals surface area contributed by atoms with Gasteiger partial charge in [-0.3, -0.25) is 14.5 Å². The van der Waals surface area contributed by atoms with E-state index in [1.165, 1.54) is 0 Å². The first-order valence-corrected chi connectivity index (χ1v) is 13.2. The van der Waals surface area contributed by atoms with Crippen LogP contribution >= 0.6 is 0 Å². The Morgan fingerprint density at radius 1 is 0.950 bits per heavy atom. The van der Waals surface area contributed by atoms with Crippen molar-refractivity contribution in [1.29, 1.82) is 0 Å². The van der Waals surface area contributed by atoms with Crippen LogP contribution in [0, 0.1) is 6.92 Å². The molecule has 0 aliphatic rings. The fourth-order valence-corrected chi connectivity index (χ4v) is 4.27. The van der Waals surface area contributed by atoms with Crippen LogP contribution in [0.5, 0.6) is 5.75 Å². The van der Waals surface area contributed by atoms with Gasteiger partial charge in [0.25, 0.3) is 0 Å². The van der Waals surface area contributed by atoms with Gasteiger partial charge in [0.05, 0.1) is 18.3 Å². The Bertz CT molecular complexity index is 1430. The van der Waals surface area contributed by atoms with E-state index in [1.54, 1.807) is 26.2 Å². The molecule has 2 heterocycles. The van der Waals surface area contributed by atoms with Crippen molar-refractivity contribution in [2.75, 3.05) is 6.61 Å². The van der Waals surface area contributed by atoms with Crippen molar-refractivity contribution < 1.29 is 24.2 Å². The third kappa shape index (κ3) is 7.92. The van der Waals surface area contributed by atoms with Crippen molar-refractivity contribution in [1.82, 2.24) is 20.1 Å². The maximum absolute atomic E-state index is 12.0. The fraction of sp³-hybridized carbons (Fsp3) is 0.290. The van der Waals surface area contributed by atoms with Crippen LogP contribution in [0.25, 0.3) is 22.4 Å². The van der Waals surface area contributed by atoms with Gasteiger partial charge < -0.3 is 19.9 Å². The lowest BCUT2D eigenvalue weighted by Crippen LogP contribution is -2.26. The first-order valence-electron chi connectivity index (χ1n) is 13.2. The zero-order valence-electron chi connectivity index (χ0n) is 23.0. The van der Waals surface area contributed by atoms with Crippen LogP contribution in [0.2, 0.25) is 0 Å². The molecule has 2 aromatic carbocycles. The molecule has 9 nitrogen and oxygen atoms in total. The van der Waals surface area contributed by atoms with E-state index in [0.29, 0.717) is 25.3 Å². The molecule has 0 saturated heterocycles. The molecule has 0 aliphatic carbocycles. The SMILES string of the molecule is Cc1cc(-c2ccc(-c3ccncc3)cc2)nn1CCOc1ccc(CCC(=O)O)c(CNC(=O)OC(C)C)c1. The number of carbonyl (C=O) groups is 2. The summed E-state index contributed by atoms with van der Waals surface area (Å²) in [4.78, 5) is 27.1. The molecule has 0 spiro atoms. The average molecular weight is 543 g/mol. The molecule has 208 valence electrons. The molecule has 0 unspecified atom stereocenters. The van der Waals surface area contributed by atoms with Crippen LogP contribution in [0.1, 0.15) is 37.1 Å². The number of nitrogens with one attached hydrogen (secondary N) is 1. The number of amides is 1. The number of carboxylic acids is 1. The third-order valence-corrected chi connectivity index (χ3v) is 6.30. The second-order valence-electron chi connectivity index (χ2n) is 9.69. The molecule has 4 aromatic rings. The van der Waals surface area contributed by atoms with Crippen molar-refractivity contribution in [2.45, 2.75) is 52.8 Å². The summed E-state index contributed by atoms with van der Waals surface area (Å²) in [6.07, 6.45) is 3.15. The first kappa shape index (κ1) is 28.4. The highest BCUT2D eigenvalue weighted by atomic mass is 16.6. The smallest absolute Gasteiger partial charge is 0.407 e. The quantitative estimate of drug-likeness (QED) is 0.238. The molecule has 2 N–H and O–H groups in total. The normalized spacial score (nSPS) is 10.9. The number of hydrogen-bond acceptors (Lipinski definition) is 6. The number of pyridine rings is 1. The van der Waals surface area contributed by atoms with Crippen molar-refractivity contribution in [3.8, 4) is 28.1 Å². The Morgan fingerprint density at radius 3 is 2.35 bits per heavy atom. The van der Waals surface area contributed by atoms with Crippen LogP contribution in [-0.4, -0.2) is 44.6 Å². The number of carboxylic acid groups (broad SMARTS) is 1.